The molecule has 0 saturated heterocycles. The number of allylic oxidation sites excluding steroid dienone is 12. The summed E-state index contributed by atoms with van der Waals surface area (Å²) in [5.41, 5.74) is 0. The second-order valence-corrected chi connectivity index (χ2v) is 18.3. The Morgan fingerprint density at radius 2 is 0.672 bits per heavy atom. The zero-order valence-corrected chi connectivity index (χ0v) is 42.3. The van der Waals surface area contributed by atoms with Gasteiger partial charge in [-0.3, -0.25) is 9.59 Å². The summed E-state index contributed by atoms with van der Waals surface area (Å²) < 4.78 is 10.6. The molecular weight excluding hydrogens is 789 g/mol. The van der Waals surface area contributed by atoms with Gasteiger partial charge in [-0.15, -0.1) is 0 Å². The van der Waals surface area contributed by atoms with E-state index in [1.165, 1.54) is 173 Å². The molecule has 0 amide bonds. The van der Waals surface area contributed by atoms with E-state index in [2.05, 4.69) is 86.8 Å². The van der Waals surface area contributed by atoms with E-state index < -0.39 is 6.10 Å². The maximum Gasteiger partial charge on any atom is 0.306 e. The Morgan fingerprint density at radius 3 is 1.05 bits per heavy atom. The van der Waals surface area contributed by atoms with Gasteiger partial charge in [-0.05, 0) is 83.5 Å². The van der Waals surface area contributed by atoms with Crippen molar-refractivity contribution in [3.63, 3.8) is 0 Å². The Kier molecular flexibility index (Phi) is 52.4. The molecule has 370 valence electrons. The van der Waals surface area contributed by atoms with Gasteiger partial charge in [-0.25, -0.2) is 0 Å². The molecule has 1 atom stereocenters. The lowest BCUT2D eigenvalue weighted by molar-refractivity contribution is -0.161. The molecule has 0 bridgehead atoms. The fraction of sp³-hybridized carbons (Fsp3) is 0.763. The molecule has 0 aromatic carbocycles. The molecular formula is C59H104O5. The molecule has 0 aromatic rings. The van der Waals surface area contributed by atoms with Crippen molar-refractivity contribution in [2.75, 3.05) is 13.2 Å². The van der Waals surface area contributed by atoms with Crippen molar-refractivity contribution in [1.82, 2.24) is 0 Å². The highest BCUT2D eigenvalue weighted by Crippen LogP contribution is 2.16. The molecule has 0 rings (SSSR count). The summed E-state index contributed by atoms with van der Waals surface area (Å²) in [4.78, 5) is 24.4. The molecule has 0 spiro atoms. The van der Waals surface area contributed by atoms with E-state index in [0.29, 0.717) is 12.8 Å². The Balaban J connectivity index is 3.43. The van der Waals surface area contributed by atoms with E-state index >= 15 is 0 Å². The largest absolute Gasteiger partial charge is 0.462 e. The number of aliphatic hydroxyl groups excluding tert-OH is 1. The van der Waals surface area contributed by atoms with Gasteiger partial charge in [0.05, 0.1) is 6.61 Å². The first-order valence-electron chi connectivity index (χ1n) is 27.5. The van der Waals surface area contributed by atoms with Crippen LogP contribution in [0.1, 0.15) is 271 Å². The molecule has 5 nitrogen and oxygen atoms in total. The summed E-state index contributed by atoms with van der Waals surface area (Å²) >= 11 is 0. The number of aliphatic hydroxyl groups is 1. The molecule has 0 aromatic heterocycles. The van der Waals surface area contributed by atoms with Gasteiger partial charge in [0.25, 0.3) is 0 Å². The summed E-state index contributed by atoms with van der Waals surface area (Å²) in [6, 6.07) is 0. The predicted octanol–water partition coefficient (Wildman–Crippen LogP) is 18.4. The molecule has 0 aliphatic carbocycles. The van der Waals surface area contributed by atoms with Gasteiger partial charge in [0.2, 0.25) is 0 Å². The maximum atomic E-state index is 12.2. The predicted molar refractivity (Wildman–Crippen MR) is 279 cm³/mol. The number of esters is 2. The lowest BCUT2D eigenvalue weighted by Crippen LogP contribution is -2.28. The van der Waals surface area contributed by atoms with E-state index in [1.54, 1.807) is 0 Å². The van der Waals surface area contributed by atoms with Crippen molar-refractivity contribution in [1.29, 1.82) is 0 Å². The number of unbranched alkanes of at least 4 members (excludes halogenated alkanes) is 30. The van der Waals surface area contributed by atoms with E-state index in [9.17, 15) is 14.7 Å². The Morgan fingerprint density at radius 1 is 0.375 bits per heavy atom. The van der Waals surface area contributed by atoms with Crippen LogP contribution < -0.4 is 0 Å². The second kappa shape index (κ2) is 54.7. The van der Waals surface area contributed by atoms with Gasteiger partial charge in [-0.1, -0.05) is 247 Å². The van der Waals surface area contributed by atoms with Crippen molar-refractivity contribution in [3.8, 4) is 0 Å². The fourth-order valence-corrected chi connectivity index (χ4v) is 7.87. The molecule has 0 aliphatic rings. The van der Waals surface area contributed by atoms with Gasteiger partial charge in [0.15, 0.2) is 6.10 Å². The van der Waals surface area contributed by atoms with Gasteiger partial charge >= 0.3 is 11.9 Å². The third-order valence-electron chi connectivity index (χ3n) is 12.0. The lowest BCUT2D eigenvalue weighted by Gasteiger charge is -2.15. The van der Waals surface area contributed by atoms with Crippen molar-refractivity contribution in [2.45, 2.75) is 277 Å². The molecule has 64 heavy (non-hydrogen) atoms. The van der Waals surface area contributed by atoms with Crippen molar-refractivity contribution >= 4 is 11.9 Å². The molecule has 0 aliphatic heterocycles. The summed E-state index contributed by atoms with van der Waals surface area (Å²) in [6.45, 7) is 3.99. The topological polar surface area (TPSA) is 72.8 Å². The molecule has 1 unspecified atom stereocenters. The molecule has 0 radical (unpaired) electrons. The second-order valence-electron chi connectivity index (χ2n) is 18.3. The first kappa shape index (κ1) is 61.3. The van der Waals surface area contributed by atoms with E-state index in [4.69, 9.17) is 9.47 Å². The van der Waals surface area contributed by atoms with Gasteiger partial charge in [0.1, 0.15) is 6.61 Å². The minimum Gasteiger partial charge on any atom is -0.462 e. The monoisotopic (exact) mass is 893 g/mol. The maximum absolute atomic E-state index is 12.2. The molecule has 0 saturated carbocycles. The van der Waals surface area contributed by atoms with E-state index in [1.807, 2.05) is 0 Å². The first-order valence-corrected chi connectivity index (χ1v) is 27.5. The Labute approximate surface area is 397 Å². The summed E-state index contributed by atoms with van der Waals surface area (Å²) in [5.74, 6) is -0.633. The number of ether oxygens (including phenoxy) is 2. The standard InChI is InChI=1S/C59H104O5/c1-3-5-7-9-11-13-15-17-19-20-21-22-23-24-25-26-27-28-29-30-31-32-33-34-35-36-37-38-40-41-43-45-47-49-51-53-58(61)63-56-57(55-60)64-59(62)54-52-50-48-46-44-42-39-18-16-14-12-10-8-6-4-2/h6,8,12,14-15,17-18,20-21,39,44,46,57,60H,3-5,7,9-11,13,16,19,22-38,40-43,45,47-56H2,1-2H3/b8-6-,14-12-,17-15-,21-20-,39-18-,46-44-. The Bertz CT molecular complexity index is 1150. The third kappa shape index (κ3) is 52.0. The van der Waals surface area contributed by atoms with Gasteiger partial charge in [-0.2, -0.15) is 0 Å². The SMILES string of the molecule is CC/C=C\C/C=C\C/C=C\C/C=C\CCCCC(=O)OC(CO)COC(=O)CCCCCCCCCCCCCCCCCCCCCCCCC/C=C\C/C=C\CCCCCCC. The normalized spacial score (nSPS) is 12.7. The fourth-order valence-electron chi connectivity index (χ4n) is 7.87. The number of carbonyl (C=O) groups excluding carboxylic acids is 2. The van der Waals surface area contributed by atoms with Crippen LogP contribution in [-0.2, 0) is 19.1 Å². The van der Waals surface area contributed by atoms with Crippen LogP contribution in [0.3, 0.4) is 0 Å². The molecule has 0 heterocycles. The van der Waals surface area contributed by atoms with Crippen LogP contribution in [0.25, 0.3) is 0 Å². The first-order chi connectivity index (χ1) is 31.6. The van der Waals surface area contributed by atoms with Crippen molar-refractivity contribution in [3.05, 3.63) is 72.9 Å². The highest BCUT2D eigenvalue weighted by Gasteiger charge is 2.16. The average Bonchev–Trinajstić information content (AvgIpc) is 3.30. The zero-order valence-electron chi connectivity index (χ0n) is 42.3. The van der Waals surface area contributed by atoms with Crippen LogP contribution in [-0.4, -0.2) is 36.4 Å². The summed E-state index contributed by atoms with van der Waals surface area (Å²) in [5, 5.41) is 9.61. The molecule has 5 heteroatoms. The summed E-state index contributed by atoms with van der Waals surface area (Å²) in [7, 11) is 0. The van der Waals surface area contributed by atoms with Crippen molar-refractivity contribution < 1.29 is 24.2 Å². The highest BCUT2D eigenvalue weighted by atomic mass is 16.6. The highest BCUT2D eigenvalue weighted by molar-refractivity contribution is 5.70. The zero-order chi connectivity index (χ0) is 46.3. The summed E-state index contributed by atoms with van der Waals surface area (Å²) in [6.07, 6.45) is 74.7. The van der Waals surface area contributed by atoms with Crippen LogP contribution in [0.15, 0.2) is 72.9 Å². The number of carbonyl (C=O) groups is 2. The van der Waals surface area contributed by atoms with Gasteiger partial charge in [0, 0.05) is 12.8 Å². The van der Waals surface area contributed by atoms with Crippen LogP contribution >= 0.6 is 0 Å². The van der Waals surface area contributed by atoms with Crippen LogP contribution in [0.2, 0.25) is 0 Å². The average molecular weight is 893 g/mol. The lowest BCUT2D eigenvalue weighted by atomic mass is 10.0. The minimum absolute atomic E-state index is 0.0827. The third-order valence-corrected chi connectivity index (χ3v) is 12.0. The number of hydrogen-bond donors (Lipinski definition) is 1. The minimum atomic E-state index is -0.795. The van der Waals surface area contributed by atoms with Crippen LogP contribution in [0.5, 0.6) is 0 Å². The van der Waals surface area contributed by atoms with E-state index in [0.717, 1.165) is 70.6 Å². The smallest absolute Gasteiger partial charge is 0.306 e. The molecule has 0 fully saturated rings. The quantitative estimate of drug-likeness (QED) is 0.0374. The Hall–Kier alpha value is -2.66. The van der Waals surface area contributed by atoms with Crippen molar-refractivity contribution in [2.24, 2.45) is 0 Å². The van der Waals surface area contributed by atoms with Gasteiger partial charge < -0.3 is 14.6 Å². The van der Waals surface area contributed by atoms with Crippen LogP contribution in [0.4, 0.5) is 0 Å². The molecule has 1 N–H and O–H groups in total. The number of rotatable bonds is 50. The van der Waals surface area contributed by atoms with Crippen LogP contribution in [0, 0.1) is 0 Å². The van der Waals surface area contributed by atoms with E-state index in [-0.39, 0.29) is 25.2 Å². The number of hydrogen-bond acceptors (Lipinski definition) is 5.